The molecule has 0 heterocycles. The van der Waals surface area contributed by atoms with Gasteiger partial charge in [-0.2, -0.15) is 0 Å². The van der Waals surface area contributed by atoms with E-state index in [-0.39, 0.29) is 0 Å². The minimum Gasteiger partial charge on any atom is -0.423 e. The number of aliphatic hydroxyl groups excluding tert-OH is 1. The van der Waals surface area contributed by atoms with Crippen LogP contribution in [0.2, 0.25) is 0 Å². The van der Waals surface area contributed by atoms with Gasteiger partial charge < -0.3 is 9.84 Å². The summed E-state index contributed by atoms with van der Waals surface area (Å²) in [4.78, 5) is 12.3. The first-order valence-electron chi connectivity index (χ1n) is 8.67. The number of aliphatic hydroxyl groups is 1. The lowest BCUT2D eigenvalue weighted by Crippen LogP contribution is -2.09. The molecule has 1 unspecified atom stereocenters. The van der Waals surface area contributed by atoms with E-state index in [9.17, 15) is 9.90 Å². The maximum Gasteiger partial charge on any atom is 0.343 e. The Hall–Kier alpha value is -3.35. The number of carbonyl (C=O) groups is 1. The van der Waals surface area contributed by atoms with Gasteiger partial charge in [0.15, 0.2) is 0 Å². The van der Waals surface area contributed by atoms with Crippen LogP contribution in [0.15, 0.2) is 72.8 Å². The van der Waals surface area contributed by atoms with E-state index in [4.69, 9.17) is 11.2 Å². The van der Waals surface area contributed by atoms with Crippen LogP contribution in [0.1, 0.15) is 21.5 Å². The van der Waals surface area contributed by atoms with E-state index in [0.717, 1.165) is 16.7 Å². The van der Waals surface area contributed by atoms with Crippen molar-refractivity contribution >= 4 is 5.97 Å². The first-order valence-corrected chi connectivity index (χ1v) is 8.67. The fourth-order valence-electron chi connectivity index (χ4n) is 2.69. The third-order valence-electron chi connectivity index (χ3n) is 4.26. The van der Waals surface area contributed by atoms with Crippen LogP contribution < -0.4 is 4.74 Å². The number of benzene rings is 3. The summed E-state index contributed by atoms with van der Waals surface area (Å²) in [6.07, 6.45) is 4.72. The molecule has 0 saturated heterocycles. The van der Waals surface area contributed by atoms with E-state index in [1.54, 1.807) is 36.4 Å². The number of ether oxygens (including phenoxy) is 1. The number of hydrogen-bond donors (Lipinski definition) is 1. The van der Waals surface area contributed by atoms with E-state index in [0.29, 0.717) is 17.7 Å². The molecule has 3 rings (SSSR count). The molecule has 1 atom stereocenters. The lowest BCUT2D eigenvalue weighted by atomic mass is 10.0. The van der Waals surface area contributed by atoms with E-state index in [1.807, 2.05) is 19.1 Å². The van der Waals surface area contributed by atoms with Crippen molar-refractivity contribution in [1.82, 2.24) is 0 Å². The van der Waals surface area contributed by atoms with Gasteiger partial charge in [0, 0.05) is 6.42 Å². The molecule has 0 radical (unpaired) electrons. The van der Waals surface area contributed by atoms with Gasteiger partial charge in [0.05, 0.1) is 5.56 Å². The summed E-state index contributed by atoms with van der Waals surface area (Å²) in [6, 6.07) is 22.5. The Bertz CT molecular complexity index is 947. The van der Waals surface area contributed by atoms with Gasteiger partial charge in [0.25, 0.3) is 0 Å². The van der Waals surface area contributed by atoms with Crippen molar-refractivity contribution in [3.8, 4) is 29.2 Å². The zero-order valence-electron chi connectivity index (χ0n) is 15.1. The molecule has 0 saturated carbocycles. The summed E-state index contributed by atoms with van der Waals surface area (Å²) < 4.78 is 5.41. The average molecular weight is 356 g/mol. The Morgan fingerprint density at radius 1 is 0.963 bits per heavy atom. The smallest absolute Gasteiger partial charge is 0.343 e. The van der Waals surface area contributed by atoms with Crippen LogP contribution >= 0.6 is 0 Å². The lowest BCUT2D eigenvalue weighted by Gasteiger charge is -2.08. The third kappa shape index (κ3) is 4.84. The Morgan fingerprint density at radius 3 is 2.07 bits per heavy atom. The number of terminal acetylenes is 1. The number of esters is 1. The SMILES string of the molecule is C#CC(O)Cc1ccc(OC(=O)c2ccc(-c3ccc(C)cc3)cc2)cc1. The van der Waals surface area contributed by atoms with Gasteiger partial charge in [-0.1, -0.05) is 60.0 Å². The van der Waals surface area contributed by atoms with Gasteiger partial charge in [-0.3, -0.25) is 0 Å². The van der Waals surface area contributed by atoms with E-state index in [2.05, 4.69) is 30.2 Å². The topological polar surface area (TPSA) is 46.5 Å². The summed E-state index contributed by atoms with van der Waals surface area (Å²) in [5.74, 6) is 2.30. The fraction of sp³-hybridized carbons (Fsp3) is 0.125. The second-order valence-electron chi connectivity index (χ2n) is 6.36. The maximum absolute atomic E-state index is 12.3. The summed E-state index contributed by atoms with van der Waals surface area (Å²) in [5.41, 5.74) is 4.72. The summed E-state index contributed by atoms with van der Waals surface area (Å²) in [5, 5.41) is 9.47. The Morgan fingerprint density at radius 2 is 1.52 bits per heavy atom. The van der Waals surface area contributed by atoms with E-state index < -0.39 is 12.1 Å². The van der Waals surface area contributed by atoms with Gasteiger partial charge in [-0.25, -0.2) is 4.79 Å². The number of rotatable bonds is 5. The van der Waals surface area contributed by atoms with Crippen LogP contribution in [0.3, 0.4) is 0 Å². The van der Waals surface area contributed by atoms with Crippen molar-refractivity contribution < 1.29 is 14.6 Å². The molecular weight excluding hydrogens is 336 g/mol. The molecule has 3 heteroatoms. The van der Waals surface area contributed by atoms with Crippen LogP contribution in [0.25, 0.3) is 11.1 Å². The molecule has 0 bridgehead atoms. The highest BCUT2D eigenvalue weighted by Gasteiger charge is 2.09. The molecule has 3 nitrogen and oxygen atoms in total. The second kappa shape index (κ2) is 8.35. The van der Waals surface area contributed by atoms with E-state index in [1.165, 1.54) is 5.56 Å². The number of aryl methyl sites for hydroxylation is 1. The molecule has 0 amide bonds. The van der Waals surface area contributed by atoms with Crippen molar-refractivity contribution in [2.45, 2.75) is 19.4 Å². The van der Waals surface area contributed by atoms with Gasteiger partial charge in [-0.15, -0.1) is 6.42 Å². The zero-order chi connectivity index (χ0) is 19.2. The summed E-state index contributed by atoms with van der Waals surface area (Å²) >= 11 is 0. The van der Waals surface area contributed by atoms with Crippen LogP contribution in [-0.2, 0) is 6.42 Å². The van der Waals surface area contributed by atoms with Crippen molar-refractivity contribution in [2.24, 2.45) is 0 Å². The molecule has 0 spiro atoms. The van der Waals surface area contributed by atoms with Crippen LogP contribution in [0.5, 0.6) is 5.75 Å². The van der Waals surface area contributed by atoms with E-state index >= 15 is 0 Å². The molecule has 0 aliphatic heterocycles. The van der Waals surface area contributed by atoms with Gasteiger partial charge >= 0.3 is 5.97 Å². The molecule has 1 N–H and O–H groups in total. The highest BCUT2D eigenvalue weighted by molar-refractivity contribution is 5.91. The standard InChI is InChI=1S/C24H20O3/c1-3-22(25)16-18-6-14-23(15-7-18)27-24(26)21-12-10-20(11-13-21)19-8-4-17(2)5-9-19/h1,4-15,22,25H,16H2,2H3. The third-order valence-corrected chi connectivity index (χ3v) is 4.26. The van der Waals surface area contributed by atoms with Gasteiger partial charge in [-0.05, 0) is 47.9 Å². The van der Waals surface area contributed by atoms with Crippen molar-refractivity contribution in [3.05, 3.63) is 89.5 Å². The molecule has 27 heavy (non-hydrogen) atoms. The second-order valence-corrected chi connectivity index (χ2v) is 6.36. The van der Waals surface area contributed by atoms with Crippen LogP contribution in [-0.4, -0.2) is 17.2 Å². The molecule has 3 aromatic carbocycles. The Kier molecular flexibility index (Phi) is 5.71. The number of carbonyl (C=O) groups excluding carboxylic acids is 1. The molecular formula is C24H20O3. The summed E-state index contributed by atoms with van der Waals surface area (Å²) in [7, 11) is 0. The van der Waals surface area contributed by atoms with Crippen molar-refractivity contribution in [3.63, 3.8) is 0 Å². The number of hydrogen-bond acceptors (Lipinski definition) is 3. The molecule has 0 fully saturated rings. The molecule has 0 aliphatic rings. The Balaban J connectivity index is 1.66. The van der Waals surface area contributed by atoms with Crippen molar-refractivity contribution in [2.75, 3.05) is 0 Å². The largest absolute Gasteiger partial charge is 0.423 e. The molecule has 3 aromatic rings. The summed E-state index contributed by atoms with van der Waals surface area (Å²) in [6.45, 7) is 2.05. The first kappa shape index (κ1) is 18.4. The minimum absolute atomic E-state index is 0.366. The van der Waals surface area contributed by atoms with Gasteiger partial charge in [0.2, 0.25) is 0 Å². The van der Waals surface area contributed by atoms with Crippen LogP contribution in [0.4, 0.5) is 0 Å². The lowest BCUT2D eigenvalue weighted by molar-refractivity contribution is 0.0734. The predicted octanol–water partition coefficient (Wildman–Crippen LogP) is 4.42. The Labute approximate surface area is 159 Å². The predicted molar refractivity (Wildman–Crippen MR) is 107 cm³/mol. The fourth-order valence-corrected chi connectivity index (χ4v) is 2.69. The zero-order valence-corrected chi connectivity index (χ0v) is 15.1. The first-order chi connectivity index (χ1) is 13.0. The average Bonchev–Trinajstić information content (AvgIpc) is 2.70. The quantitative estimate of drug-likeness (QED) is 0.418. The molecule has 134 valence electrons. The minimum atomic E-state index is -0.814. The maximum atomic E-state index is 12.3. The normalized spacial score (nSPS) is 11.4. The van der Waals surface area contributed by atoms with Gasteiger partial charge in [0.1, 0.15) is 11.9 Å². The van der Waals surface area contributed by atoms with Crippen molar-refractivity contribution in [1.29, 1.82) is 0 Å². The van der Waals surface area contributed by atoms with Crippen LogP contribution in [0, 0.1) is 19.3 Å². The monoisotopic (exact) mass is 356 g/mol. The highest BCUT2D eigenvalue weighted by Crippen LogP contribution is 2.21. The molecule has 0 aliphatic carbocycles. The highest BCUT2D eigenvalue weighted by atomic mass is 16.5. The molecule has 0 aromatic heterocycles.